The second kappa shape index (κ2) is 13.2. The number of carbonyl (C=O) groups excluding carboxylic acids is 1. The van der Waals surface area contributed by atoms with Crippen LogP contribution in [0.4, 0.5) is 29.0 Å². The van der Waals surface area contributed by atoms with Gasteiger partial charge in [0.1, 0.15) is 28.5 Å². The Morgan fingerprint density at radius 3 is 2.50 bits per heavy atom. The van der Waals surface area contributed by atoms with E-state index < -0.39 is 5.60 Å². The first kappa shape index (κ1) is 31.2. The van der Waals surface area contributed by atoms with Crippen LogP contribution in [0, 0.1) is 5.41 Å². The number of nitrogens with zero attached hydrogens (tertiary/aromatic N) is 5. The Morgan fingerprint density at radius 2 is 1.82 bits per heavy atom. The summed E-state index contributed by atoms with van der Waals surface area (Å²) >= 11 is 0. The van der Waals surface area contributed by atoms with Gasteiger partial charge in [-0.25, -0.2) is 9.97 Å². The average Bonchev–Trinajstić information content (AvgIpc) is 3.02. The molecule has 2 aliphatic heterocycles. The summed E-state index contributed by atoms with van der Waals surface area (Å²) in [7, 11) is 3.87. The lowest BCUT2D eigenvalue weighted by molar-refractivity contribution is 0.0740. The maximum Gasteiger partial charge on any atom is 0.256 e. The van der Waals surface area contributed by atoms with Crippen LogP contribution in [0.15, 0.2) is 55.3 Å². The van der Waals surface area contributed by atoms with E-state index >= 15 is 0 Å². The molecule has 44 heavy (non-hydrogen) atoms. The smallest absolute Gasteiger partial charge is 0.256 e. The molecule has 2 fully saturated rings. The van der Waals surface area contributed by atoms with Crippen LogP contribution in [0.5, 0.6) is 5.75 Å². The summed E-state index contributed by atoms with van der Waals surface area (Å²) in [6, 6.07) is 11.4. The lowest BCUT2D eigenvalue weighted by Crippen LogP contribution is -2.46. The zero-order valence-corrected chi connectivity index (χ0v) is 26.2. The standard InChI is InChI=1S/C33H44N8O3/c1-6-16-34-30(42)24-22-35-31(39-29(24)38-28-9-7-8-27(37-28)32(2,3)43)36-25-11-10-23(21-26(25)44-5)41-19-14-33(15-20-41)12-17-40(4)18-13-33/h6-11,21-22,43H,1,12-20H2,2-5H3,(H,34,42)(H2,35,36,37,38,39). The topological polar surface area (TPSA) is 128 Å². The first-order valence-corrected chi connectivity index (χ1v) is 15.2. The van der Waals surface area contributed by atoms with Gasteiger partial charge in [0.25, 0.3) is 5.91 Å². The molecule has 2 aliphatic rings. The summed E-state index contributed by atoms with van der Waals surface area (Å²) in [4.78, 5) is 31.4. The van der Waals surface area contributed by atoms with Gasteiger partial charge in [0.05, 0.1) is 18.5 Å². The Bertz CT molecular complexity index is 1470. The molecule has 1 aromatic carbocycles. The van der Waals surface area contributed by atoms with E-state index in [1.807, 2.05) is 6.07 Å². The number of benzene rings is 1. The van der Waals surface area contributed by atoms with Gasteiger partial charge in [-0.05, 0) is 89.3 Å². The molecular formula is C33H44N8O3. The number of pyridine rings is 1. The summed E-state index contributed by atoms with van der Waals surface area (Å²) in [6.45, 7) is 11.7. The van der Waals surface area contributed by atoms with Crippen LogP contribution < -0.4 is 25.6 Å². The number of nitrogens with one attached hydrogen (secondary N) is 3. The van der Waals surface area contributed by atoms with Gasteiger partial charge in [-0.2, -0.15) is 4.98 Å². The van der Waals surface area contributed by atoms with Crippen molar-refractivity contribution in [1.29, 1.82) is 0 Å². The molecular weight excluding hydrogens is 556 g/mol. The average molecular weight is 601 g/mol. The molecule has 11 nitrogen and oxygen atoms in total. The van der Waals surface area contributed by atoms with Crippen molar-refractivity contribution in [1.82, 2.24) is 25.2 Å². The molecule has 4 heterocycles. The van der Waals surface area contributed by atoms with Gasteiger partial charge < -0.3 is 35.6 Å². The number of likely N-dealkylation sites (tertiary alicyclic amines) is 1. The quantitative estimate of drug-likeness (QED) is 0.241. The SMILES string of the molecule is C=CCNC(=O)c1cnc(Nc2ccc(N3CCC4(CCN(C)CC4)CC3)cc2OC)nc1Nc1cccc(C(C)(C)O)n1. The number of ether oxygens (including phenoxy) is 1. The van der Waals surface area contributed by atoms with Crippen LogP contribution in [-0.4, -0.2) is 77.7 Å². The highest BCUT2D eigenvalue weighted by atomic mass is 16.5. The van der Waals surface area contributed by atoms with Crippen molar-refractivity contribution in [3.63, 3.8) is 0 Å². The second-order valence-electron chi connectivity index (χ2n) is 12.3. The predicted octanol–water partition coefficient (Wildman–Crippen LogP) is 4.82. The maximum absolute atomic E-state index is 12.9. The van der Waals surface area contributed by atoms with Crippen LogP contribution in [0.3, 0.4) is 0 Å². The van der Waals surface area contributed by atoms with Crippen molar-refractivity contribution in [3.05, 3.63) is 66.5 Å². The number of rotatable bonds is 10. The molecule has 1 spiro atoms. The van der Waals surface area contributed by atoms with Gasteiger partial charge in [-0.15, -0.1) is 6.58 Å². The Balaban J connectivity index is 1.35. The second-order valence-corrected chi connectivity index (χ2v) is 12.3. The molecule has 2 aromatic heterocycles. The highest BCUT2D eigenvalue weighted by Crippen LogP contribution is 2.42. The summed E-state index contributed by atoms with van der Waals surface area (Å²) in [5.74, 6) is 1.28. The molecule has 2 saturated heterocycles. The molecule has 0 atom stereocenters. The summed E-state index contributed by atoms with van der Waals surface area (Å²) in [5.41, 5.74) is 1.90. The van der Waals surface area contributed by atoms with Crippen LogP contribution >= 0.6 is 0 Å². The molecule has 0 saturated carbocycles. The Labute approximate surface area is 259 Å². The molecule has 0 bridgehead atoms. The third-order valence-electron chi connectivity index (χ3n) is 8.73. The van der Waals surface area contributed by atoms with E-state index in [-0.39, 0.29) is 23.2 Å². The fraction of sp³-hybridized carbons (Fsp3) is 0.455. The molecule has 0 unspecified atom stereocenters. The van der Waals surface area contributed by atoms with Crippen LogP contribution in [0.1, 0.15) is 55.6 Å². The third kappa shape index (κ3) is 7.28. The van der Waals surface area contributed by atoms with Gasteiger partial charge in [-0.1, -0.05) is 12.1 Å². The van der Waals surface area contributed by atoms with Gasteiger partial charge >= 0.3 is 0 Å². The van der Waals surface area contributed by atoms with Gasteiger partial charge in [0, 0.05) is 37.6 Å². The van der Waals surface area contributed by atoms with Gasteiger partial charge in [0.2, 0.25) is 5.95 Å². The first-order valence-electron chi connectivity index (χ1n) is 15.2. The van der Waals surface area contributed by atoms with Crippen LogP contribution in [-0.2, 0) is 5.60 Å². The van der Waals surface area contributed by atoms with E-state index in [4.69, 9.17) is 4.74 Å². The molecule has 0 aliphatic carbocycles. The number of methoxy groups -OCH3 is 1. The fourth-order valence-electron chi connectivity index (χ4n) is 5.86. The minimum Gasteiger partial charge on any atom is -0.494 e. The Kier molecular flexibility index (Phi) is 9.36. The van der Waals surface area contributed by atoms with E-state index in [9.17, 15) is 9.90 Å². The first-order chi connectivity index (χ1) is 21.1. The highest BCUT2D eigenvalue weighted by Gasteiger charge is 2.37. The number of hydrogen-bond donors (Lipinski definition) is 4. The summed E-state index contributed by atoms with van der Waals surface area (Å²) < 4.78 is 5.77. The zero-order valence-electron chi connectivity index (χ0n) is 26.2. The number of aromatic nitrogens is 3. The number of carbonyl (C=O) groups is 1. The van der Waals surface area contributed by atoms with Crippen molar-refractivity contribution in [3.8, 4) is 5.75 Å². The lowest BCUT2D eigenvalue weighted by Gasteiger charge is -2.47. The maximum atomic E-state index is 12.9. The van der Waals surface area contributed by atoms with E-state index in [0.717, 1.165) is 18.8 Å². The van der Waals surface area contributed by atoms with E-state index in [0.29, 0.717) is 34.9 Å². The molecule has 3 aromatic rings. The number of piperidine rings is 2. The monoisotopic (exact) mass is 600 g/mol. The zero-order chi connectivity index (χ0) is 31.3. The van der Waals surface area contributed by atoms with E-state index in [1.54, 1.807) is 45.2 Å². The molecule has 0 radical (unpaired) electrons. The van der Waals surface area contributed by atoms with Crippen molar-refractivity contribution >= 4 is 34.9 Å². The summed E-state index contributed by atoms with van der Waals surface area (Å²) in [5, 5.41) is 19.6. The Hall–Kier alpha value is -4.22. The Morgan fingerprint density at radius 1 is 1.09 bits per heavy atom. The van der Waals surface area contributed by atoms with Gasteiger partial charge in [-0.3, -0.25) is 4.79 Å². The van der Waals surface area contributed by atoms with Crippen molar-refractivity contribution < 1.29 is 14.6 Å². The van der Waals surface area contributed by atoms with Crippen LogP contribution in [0.2, 0.25) is 0 Å². The van der Waals surface area contributed by atoms with Crippen LogP contribution in [0.25, 0.3) is 0 Å². The van der Waals surface area contributed by atoms with Gasteiger partial charge in [0.15, 0.2) is 0 Å². The minimum atomic E-state index is -1.13. The number of anilines is 5. The molecule has 5 rings (SSSR count). The normalized spacial score (nSPS) is 16.8. The van der Waals surface area contributed by atoms with E-state index in [2.05, 4.69) is 66.5 Å². The number of amides is 1. The molecule has 1 amide bonds. The summed E-state index contributed by atoms with van der Waals surface area (Å²) in [6.07, 6.45) is 8.07. The van der Waals surface area contributed by atoms with E-state index in [1.165, 1.54) is 45.0 Å². The largest absolute Gasteiger partial charge is 0.494 e. The lowest BCUT2D eigenvalue weighted by atomic mass is 9.71. The number of hydrogen-bond acceptors (Lipinski definition) is 10. The minimum absolute atomic E-state index is 0.239. The highest BCUT2D eigenvalue weighted by molar-refractivity contribution is 5.99. The predicted molar refractivity (Wildman–Crippen MR) is 174 cm³/mol. The number of aliphatic hydroxyl groups is 1. The molecule has 4 N–H and O–H groups in total. The van der Waals surface area contributed by atoms with Crippen molar-refractivity contribution in [2.75, 3.05) is 62.4 Å². The third-order valence-corrected chi connectivity index (χ3v) is 8.73. The van der Waals surface area contributed by atoms with Crippen molar-refractivity contribution in [2.45, 2.75) is 45.1 Å². The molecule has 11 heteroatoms. The van der Waals surface area contributed by atoms with Crippen molar-refractivity contribution in [2.24, 2.45) is 5.41 Å². The molecule has 234 valence electrons. The fourth-order valence-corrected chi connectivity index (χ4v) is 5.86.